The predicted molar refractivity (Wildman–Crippen MR) is 58.9 cm³/mol. The lowest BCUT2D eigenvalue weighted by Gasteiger charge is -2.15. The van der Waals surface area contributed by atoms with E-state index in [1.165, 1.54) is 0 Å². The molecule has 15 heavy (non-hydrogen) atoms. The number of hydrogen-bond donors (Lipinski definition) is 0. The Labute approximate surface area is 97.8 Å². The van der Waals surface area contributed by atoms with Crippen LogP contribution in [0, 0.1) is 0 Å². The highest BCUT2D eigenvalue weighted by molar-refractivity contribution is 8.13. The monoisotopic (exact) mass is 265 g/mol. The highest BCUT2D eigenvalue weighted by Gasteiger charge is 2.20. The average molecular weight is 266 g/mol. The summed E-state index contributed by atoms with van der Waals surface area (Å²) in [6, 6.07) is 1.55. The highest BCUT2D eigenvalue weighted by Crippen LogP contribution is 2.29. The van der Waals surface area contributed by atoms with Crippen LogP contribution < -0.4 is 0 Å². The fourth-order valence-corrected chi connectivity index (χ4v) is 3.22. The van der Waals surface area contributed by atoms with Crippen LogP contribution in [-0.4, -0.2) is 13.4 Å². The number of pyridine rings is 1. The maximum absolute atomic E-state index is 11.2. The molecule has 1 aliphatic rings. The molecular formula is C9H9Cl2NO2S. The first-order valence-electron chi connectivity index (χ1n) is 4.61. The van der Waals surface area contributed by atoms with E-state index in [-0.39, 0.29) is 10.0 Å². The van der Waals surface area contributed by atoms with Gasteiger partial charge in [0.1, 0.15) is 10.0 Å². The Morgan fingerprint density at radius 1 is 1.27 bits per heavy atom. The van der Waals surface area contributed by atoms with Crippen LogP contribution in [0.3, 0.4) is 0 Å². The van der Waals surface area contributed by atoms with E-state index in [4.69, 9.17) is 22.3 Å². The van der Waals surface area contributed by atoms with Crippen molar-refractivity contribution in [3.8, 4) is 0 Å². The molecule has 0 saturated carbocycles. The topological polar surface area (TPSA) is 47.0 Å². The van der Waals surface area contributed by atoms with Crippen molar-refractivity contribution >= 4 is 31.3 Å². The summed E-state index contributed by atoms with van der Waals surface area (Å²) >= 11 is 5.77. The summed E-state index contributed by atoms with van der Waals surface area (Å²) < 4.78 is 22.4. The molecule has 1 aliphatic carbocycles. The summed E-state index contributed by atoms with van der Waals surface area (Å²) in [7, 11) is 1.46. The molecule has 0 saturated heterocycles. The van der Waals surface area contributed by atoms with E-state index < -0.39 is 9.05 Å². The number of aromatic nitrogens is 1. The average Bonchev–Trinajstić information content (AvgIpc) is 2.15. The summed E-state index contributed by atoms with van der Waals surface area (Å²) in [6.45, 7) is 0. The van der Waals surface area contributed by atoms with E-state index in [0.29, 0.717) is 0 Å². The Morgan fingerprint density at radius 3 is 2.60 bits per heavy atom. The third-order valence-electron chi connectivity index (χ3n) is 2.48. The second kappa shape index (κ2) is 3.92. The van der Waals surface area contributed by atoms with E-state index in [2.05, 4.69) is 4.98 Å². The van der Waals surface area contributed by atoms with Gasteiger partial charge in [-0.1, -0.05) is 11.6 Å². The van der Waals surface area contributed by atoms with Gasteiger partial charge in [-0.25, -0.2) is 13.4 Å². The van der Waals surface area contributed by atoms with Gasteiger partial charge >= 0.3 is 0 Å². The molecule has 0 unspecified atom stereocenters. The molecule has 1 aromatic rings. The quantitative estimate of drug-likeness (QED) is 0.579. The predicted octanol–water partition coefficient (Wildman–Crippen LogP) is 2.54. The second-order valence-corrected chi connectivity index (χ2v) is 6.42. The summed E-state index contributed by atoms with van der Waals surface area (Å²) in [5.74, 6) is 0. The van der Waals surface area contributed by atoms with Crippen molar-refractivity contribution < 1.29 is 8.42 Å². The van der Waals surface area contributed by atoms with Gasteiger partial charge in [0.15, 0.2) is 0 Å². The Morgan fingerprint density at radius 2 is 1.93 bits per heavy atom. The molecule has 1 aromatic heterocycles. The lowest BCUT2D eigenvalue weighted by molar-refractivity contribution is 0.607. The molecule has 6 heteroatoms. The smallest absolute Gasteiger partial charge is 0.239 e. The molecular weight excluding hydrogens is 257 g/mol. The fraction of sp³-hybridized carbons (Fsp3) is 0.444. The minimum atomic E-state index is -3.79. The minimum absolute atomic E-state index is 0.0225. The zero-order chi connectivity index (χ0) is 11.1. The van der Waals surface area contributed by atoms with E-state index in [0.717, 1.165) is 36.9 Å². The van der Waals surface area contributed by atoms with Crippen molar-refractivity contribution in [3.63, 3.8) is 0 Å². The van der Waals surface area contributed by atoms with Gasteiger partial charge in [-0.2, -0.15) is 0 Å². The number of halogens is 2. The van der Waals surface area contributed by atoms with Gasteiger partial charge in [0.2, 0.25) is 0 Å². The third kappa shape index (κ3) is 2.27. The van der Waals surface area contributed by atoms with Crippen molar-refractivity contribution in [2.24, 2.45) is 0 Å². The number of fused-ring (bicyclic) bond motifs is 1. The molecule has 0 bridgehead atoms. The number of aryl methyl sites for hydroxylation is 2. The largest absolute Gasteiger partial charge is 0.264 e. The maximum Gasteiger partial charge on any atom is 0.264 e. The normalized spacial score (nSPS) is 16.1. The zero-order valence-corrected chi connectivity index (χ0v) is 10.2. The molecule has 2 rings (SSSR count). The summed E-state index contributed by atoms with van der Waals surface area (Å²) in [5, 5.41) is -0.0225. The van der Waals surface area contributed by atoms with Crippen LogP contribution in [0.15, 0.2) is 11.0 Å². The molecule has 0 aliphatic heterocycles. The number of nitrogens with zero attached hydrogens (tertiary/aromatic N) is 1. The van der Waals surface area contributed by atoms with Gasteiger partial charge < -0.3 is 0 Å². The van der Waals surface area contributed by atoms with Crippen LogP contribution >= 0.6 is 22.3 Å². The molecule has 1 heterocycles. The summed E-state index contributed by atoms with van der Waals surface area (Å²) in [5.41, 5.74) is 1.85. The molecule has 0 N–H and O–H groups in total. The maximum atomic E-state index is 11.2. The molecule has 0 atom stereocenters. The summed E-state index contributed by atoms with van der Waals surface area (Å²) in [6.07, 6.45) is 3.83. The van der Waals surface area contributed by atoms with E-state index in [1.807, 2.05) is 0 Å². The van der Waals surface area contributed by atoms with Crippen LogP contribution in [-0.2, 0) is 21.9 Å². The molecule has 82 valence electrons. The zero-order valence-electron chi connectivity index (χ0n) is 7.83. The van der Waals surface area contributed by atoms with Crippen molar-refractivity contribution in [2.75, 3.05) is 0 Å². The van der Waals surface area contributed by atoms with Crippen molar-refractivity contribution in [1.29, 1.82) is 0 Å². The van der Waals surface area contributed by atoms with Crippen LogP contribution in [0.4, 0.5) is 0 Å². The van der Waals surface area contributed by atoms with Crippen LogP contribution in [0.5, 0.6) is 0 Å². The third-order valence-corrected chi connectivity index (χ3v) is 4.22. The van der Waals surface area contributed by atoms with Gasteiger partial charge in [0.05, 0.1) is 0 Å². The van der Waals surface area contributed by atoms with E-state index in [1.54, 1.807) is 6.07 Å². The fourth-order valence-electron chi connectivity index (χ4n) is 1.76. The minimum Gasteiger partial charge on any atom is -0.239 e. The molecule has 0 radical (unpaired) electrons. The van der Waals surface area contributed by atoms with Crippen LogP contribution in [0.2, 0.25) is 5.15 Å². The summed E-state index contributed by atoms with van der Waals surface area (Å²) in [4.78, 5) is 4.00. The van der Waals surface area contributed by atoms with E-state index >= 15 is 0 Å². The van der Waals surface area contributed by atoms with Crippen molar-refractivity contribution in [1.82, 2.24) is 4.98 Å². The Hall–Kier alpha value is -0.320. The van der Waals surface area contributed by atoms with E-state index in [9.17, 15) is 8.42 Å². The van der Waals surface area contributed by atoms with Gasteiger partial charge in [-0.15, -0.1) is 0 Å². The molecule has 0 fully saturated rings. The second-order valence-electron chi connectivity index (χ2n) is 3.53. The van der Waals surface area contributed by atoms with Gasteiger partial charge in [-0.05, 0) is 37.3 Å². The Balaban J connectivity index is 2.60. The lowest BCUT2D eigenvalue weighted by Crippen LogP contribution is -2.08. The molecule has 0 spiro atoms. The number of hydrogen-bond acceptors (Lipinski definition) is 3. The Bertz CT molecular complexity index is 499. The first-order valence-corrected chi connectivity index (χ1v) is 7.30. The van der Waals surface area contributed by atoms with Gasteiger partial charge in [-0.3, -0.25) is 0 Å². The first-order chi connectivity index (χ1) is 6.98. The van der Waals surface area contributed by atoms with Gasteiger partial charge in [0.25, 0.3) is 9.05 Å². The molecule has 3 nitrogen and oxygen atoms in total. The standard InChI is InChI=1S/C9H9Cl2NO2S/c10-9-8(15(11,13)14)5-6-3-1-2-4-7(6)12-9/h5H,1-4H2. The Kier molecular flexibility index (Phi) is 2.92. The molecule has 0 amide bonds. The lowest BCUT2D eigenvalue weighted by atomic mass is 9.96. The van der Waals surface area contributed by atoms with Crippen LogP contribution in [0.25, 0.3) is 0 Å². The van der Waals surface area contributed by atoms with Crippen molar-refractivity contribution in [2.45, 2.75) is 30.6 Å². The van der Waals surface area contributed by atoms with Gasteiger partial charge in [0, 0.05) is 16.4 Å². The highest BCUT2D eigenvalue weighted by atomic mass is 35.7. The first kappa shape index (κ1) is 11.2. The molecule has 0 aromatic carbocycles. The SMILES string of the molecule is O=S(=O)(Cl)c1cc2c(nc1Cl)CCCC2. The van der Waals surface area contributed by atoms with Crippen LogP contribution in [0.1, 0.15) is 24.1 Å². The number of rotatable bonds is 1. The van der Waals surface area contributed by atoms with Crippen molar-refractivity contribution in [3.05, 3.63) is 22.5 Å².